The van der Waals surface area contributed by atoms with Crippen LogP contribution in [0.25, 0.3) is 11.3 Å². The number of halogens is 3. The normalized spacial score (nSPS) is 10.6. The van der Waals surface area contributed by atoms with Gasteiger partial charge < -0.3 is 19.2 Å². The number of hydrogen-bond donors (Lipinski definition) is 1. The van der Waals surface area contributed by atoms with Gasteiger partial charge in [-0.05, 0) is 42.5 Å². The van der Waals surface area contributed by atoms with E-state index in [1.807, 2.05) is 0 Å². The van der Waals surface area contributed by atoms with Crippen molar-refractivity contribution in [1.29, 1.82) is 0 Å². The average Bonchev–Trinajstić information content (AvgIpc) is 3.23. The van der Waals surface area contributed by atoms with Crippen LogP contribution in [0.5, 0.6) is 5.75 Å². The third kappa shape index (κ3) is 5.67. The molecule has 160 valence electrons. The van der Waals surface area contributed by atoms with Crippen LogP contribution in [0.3, 0.4) is 0 Å². The van der Waals surface area contributed by atoms with Crippen molar-refractivity contribution in [3.8, 4) is 17.1 Å². The molecule has 2 aromatic carbocycles. The number of carbonyl (C=O) groups excluding carboxylic acids is 3. The van der Waals surface area contributed by atoms with Gasteiger partial charge in [0.15, 0.2) is 18.7 Å². The van der Waals surface area contributed by atoms with Crippen LogP contribution in [0.1, 0.15) is 20.9 Å². The third-order valence-electron chi connectivity index (χ3n) is 3.93. The number of amides is 1. The van der Waals surface area contributed by atoms with E-state index in [9.17, 15) is 23.2 Å². The van der Waals surface area contributed by atoms with E-state index in [2.05, 4.69) is 10.1 Å². The molecule has 10 heteroatoms. The molecule has 0 aliphatic rings. The van der Waals surface area contributed by atoms with Gasteiger partial charge >= 0.3 is 12.6 Å². The molecule has 7 nitrogen and oxygen atoms in total. The Morgan fingerprint density at radius 2 is 1.90 bits per heavy atom. The van der Waals surface area contributed by atoms with Gasteiger partial charge in [0.25, 0.3) is 5.91 Å². The van der Waals surface area contributed by atoms with E-state index in [4.69, 9.17) is 20.8 Å². The van der Waals surface area contributed by atoms with Gasteiger partial charge in [-0.25, -0.2) is 4.79 Å². The molecule has 1 amide bonds. The van der Waals surface area contributed by atoms with Crippen molar-refractivity contribution in [2.75, 3.05) is 11.9 Å². The Bertz CT molecular complexity index is 1110. The van der Waals surface area contributed by atoms with Crippen LogP contribution in [0.15, 0.2) is 59.0 Å². The molecule has 0 unspecified atom stereocenters. The molecule has 3 rings (SSSR count). The van der Waals surface area contributed by atoms with Crippen molar-refractivity contribution in [2.45, 2.75) is 6.61 Å². The first kappa shape index (κ1) is 22.0. The van der Waals surface area contributed by atoms with Gasteiger partial charge in [0.2, 0.25) is 0 Å². The number of carbonyl (C=O) groups is 3. The lowest BCUT2D eigenvalue weighted by molar-refractivity contribution is -0.119. The zero-order valence-corrected chi connectivity index (χ0v) is 16.4. The SMILES string of the molecule is O=Cc1ccc(-c2ccc(Cl)c(C(=O)OCC(=O)Nc3ccccc3OC(F)F)c2)o1. The topological polar surface area (TPSA) is 94.8 Å². The van der Waals surface area contributed by atoms with Crippen molar-refractivity contribution < 1.29 is 37.1 Å². The predicted octanol–water partition coefficient (Wildman–Crippen LogP) is 4.81. The van der Waals surface area contributed by atoms with Gasteiger partial charge in [-0.3, -0.25) is 9.59 Å². The summed E-state index contributed by atoms with van der Waals surface area (Å²) in [7, 11) is 0. The highest BCUT2D eigenvalue weighted by Gasteiger charge is 2.17. The molecule has 1 aromatic heterocycles. The number of nitrogens with one attached hydrogen (secondary N) is 1. The van der Waals surface area contributed by atoms with E-state index >= 15 is 0 Å². The molecule has 1 N–H and O–H groups in total. The second kappa shape index (κ2) is 9.86. The van der Waals surface area contributed by atoms with Gasteiger partial charge in [0.1, 0.15) is 11.5 Å². The Hall–Kier alpha value is -3.72. The molecule has 0 atom stereocenters. The fourth-order valence-electron chi connectivity index (χ4n) is 2.57. The van der Waals surface area contributed by atoms with Crippen LogP contribution in [-0.4, -0.2) is 31.4 Å². The third-order valence-corrected chi connectivity index (χ3v) is 4.25. The predicted molar refractivity (Wildman–Crippen MR) is 107 cm³/mol. The van der Waals surface area contributed by atoms with Crippen molar-refractivity contribution in [1.82, 2.24) is 0 Å². The van der Waals surface area contributed by atoms with E-state index < -0.39 is 25.1 Å². The van der Waals surface area contributed by atoms with Crippen LogP contribution >= 0.6 is 11.6 Å². The van der Waals surface area contributed by atoms with Crippen LogP contribution in [0, 0.1) is 0 Å². The quantitative estimate of drug-likeness (QED) is 0.392. The Morgan fingerprint density at radius 1 is 1.13 bits per heavy atom. The molecular formula is C21H14ClF2NO6. The van der Waals surface area contributed by atoms with Crippen LogP contribution < -0.4 is 10.1 Å². The van der Waals surface area contributed by atoms with Crippen molar-refractivity contribution in [2.24, 2.45) is 0 Å². The van der Waals surface area contributed by atoms with Crippen molar-refractivity contribution >= 4 is 35.5 Å². The van der Waals surface area contributed by atoms with Gasteiger partial charge in [0, 0.05) is 5.56 Å². The lowest BCUT2D eigenvalue weighted by Gasteiger charge is -2.12. The van der Waals surface area contributed by atoms with E-state index in [1.54, 1.807) is 12.1 Å². The highest BCUT2D eigenvalue weighted by Crippen LogP contribution is 2.28. The summed E-state index contributed by atoms with van der Waals surface area (Å²) in [4.78, 5) is 35.2. The second-order valence-electron chi connectivity index (χ2n) is 6.01. The summed E-state index contributed by atoms with van der Waals surface area (Å²) in [5.41, 5.74) is 0.428. The molecule has 0 fully saturated rings. The Balaban J connectivity index is 1.66. The maximum absolute atomic E-state index is 12.5. The maximum Gasteiger partial charge on any atom is 0.387 e. The summed E-state index contributed by atoms with van der Waals surface area (Å²) in [6.07, 6.45) is 0.539. The summed E-state index contributed by atoms with van der Waals surface area (Å²) >= 11 is 6.05. The Labute approximate surface area is 179 Å². The van der Waals surface area contributed by atoms with Gasteiger partial charge in [-0.2, -0.15) is 8.78 Å². The minimum absolute atomic E-state index is 0.00678. The minimum Gasteiger partial charge on any atom is -0.453 e. The molecule has 3 aromatic rings. The van der Waals surface area contributed by atoms with E-state index in [-0.39, 0.29) is 27.8 Å². The van der Waals surface area contributed by atoms with Crippen molar-refractivity contribution in [3.05, 3.63) is 70.9 Å². The summed E-state index contributed by atoms with van der Waals surface area (Å²) in [6.45, 7) is -3.76. The first-order chi connectivity index (χ1) is 14.9. The zero-order valence-electron chi connectivity index (χ0n) is 15.6. The number of aldehydes is 1. The van der Waals surface area contributed by atoms with Crippen LogP contribution in [0.4, 0.5) is 14.5 Å². The van der Waals surface area contributed by atoms with E-state index in [0.717, 1.165) is 0 Å². The zero-order chi connectivity index (χ0) is 22.4. The molecule has 31 heavy (non-hydrogen) atoms. The fraction of sp³-hybridized carbons (Fsp3) is 0.0952. The number of esters is 1. The van der Waals surface area contributed by atoms with E-state index in [1.165, 1.54) is 42.5 Å². The van der Waals surface area contributed by atoms with Gasteiger partial charge in [-0.15, -0.1) is 0 Å². The Kier molecular flexibility index (Phi) is 6.99. The second-order valence-corrected chi connectivity index (χ2v) is 6.42. The number of ether oxygens (including phenoxy) is 2. The van der Waals surface area contributed by atoms with Gasteiger partial charge in [0.05, 0.1) is 16.3 Å². The molecule has 0 saturated carbocycles. The Morgan fingerprint density at radius 3 is 2.61 bits per heavy atom. The molecule has 0 spiro atoms. The molecule has 0 aliphatic carbocycles. The highest BCUT2D eigenvalue weighted by atomic mass is 35.5. The lowest BCUT2D eigenvalue weighted by atomic mass is 10.1. The molecule has 0 radical (unpaired) electrons. The summed E-state index contributed by atoms with van der Waals surface area (Å²) < 4.78 is 39.5. The number of benzene rings is 2. The maximum atomic E-state index is 12.5. The molecule has 0 aliphatic heterocycles. The van der Waals surface area contributed by atoms with Crippen LogP contribution in [0.2, 0.25) is 5.02 Å². The van der Waals surface area contributed by atoms with Gasteiger partial charge in [-0.1, -0.05) is 23.7 Å². The molecule has 1 heterocycles. The lowest BCUT2D eigenvalue weighted by Crippen LogP contribution is -2.21. The number of para-hydroxylation sites is 2. The number of hydrogen-bond acceptors (Lipinski definition) is 6. The van der Waals surface area contributed by atoms with Crippen LogP contribution in [-0.2, 0) is 9.53 Å². The molecular weight excluding hydrogens is 436 g/mol. The standard InChI is InChI=1S/C21H14ClF2NO6/c22-15-7-5-12(17-8-6-13(10-26)30-17)9-14(15)20(28)29-11-19(27)25-16-3-1-2-4-18(16)31-21(23)24/h1-10,21H,11H2,(H,25,27). The number of furan rings is 1. The summed E-state index contributed by atoms with van der Waals surface area (Å²) in [5, 5.41) is 2.40. The highest BCUT2D eigenvalue weighted by molar-refractivity contribution is 6.33. The minimum atomic E-state index is -3.07. The number of rotatable bonds is 8. The van der Waals surface area contributed by atoms with E-state index in [0.29, 0.717) is 17.6 Å². The largest absolute Gasteiger partial charge is 0.453 e. The first-order valence-electron chi connectivity index (χ1n) is 8.73. The molecule has 0 saturated heterocycles. The smallest absolute Gasteiger partial charge is 0.387 e. The number of anilines is 1. The number of alkyl halides is 2. The summed E-state index contributed by atoms with van der Waals surface area (Å²) in [5.74, 6) is -1.45. The fourth-order valence-corrected chi connectivity index (χ4v) is 2.76. The monoisotopic (exact) mass is 449 g/mol. The molecule has 0 bridgehead atoms. The first-order valence-corrected chi connectivity index (χ1v) is 9.11. The van der Waals surface area contributed by atoms with Crippen molar-refractivity contribution in [3.63, 3.8) is 0 Å². The average molecular weight is 450 g/mol. The summed E-state index contributed by atoms with van der Waals surface area (Å²) in [6, 6.07) is 13.0.